The molecule has 138 valence electrons. The molecule has 26 heavy (non-hydrogen) atoms. The van der Waals surface area contributed by atoms with Crippen LogP contribution in [-0.4, -0.2) is 29.3 Å². The normalized spacial score (nSPS) is 12.6. The minimum absolute atomic E-state index is 0.159. The number of furan rings is 2. The molecule has 1 atom stereocenters. The summed E-state index contributed by atoms with van der Waals surface area (Å²) in [6.45, 7) is 1.62. The molecule has 0 aliphatic carbocycles. The highest BCUT2D eigenvalue weighted by molar-refractivity contribution is 5.17. The topological polar surface area (TPSA) is 59.0 Å². The van der Waals surface area contributed by atoms with Crippen LogP contribution in [0.2, 0.25) is 0 Å². The average Bonchev–Trinajstić information content (AvgIpc) is 3.31. The standard InChI is InChI=1S/C20H22FNO4/c21-20-8-2-1-5-16(20)11-22(13-18-6-3-9-25-18)12-17(23)14-24-15-19-7-4-10-26-19/h1-10,17,23H,11-15H2/t17-/m0/s1. The van der Waals surface area contributed by atoms with Gasteiger partial charge in [-0.05, 0) is 30.3 Å². The first-order chi connectivity index (χ1) is 12.7. The molecule has 3 aromatic rings. The highest BCUT2D eigenvalue weighted by Crippen LogP contribution is 2.14. The summed E-state index contributed by atoms with van der Waals surface area (Å²) in [5.74, 6) is 1.20. The molecule has 2 aromatic heterocycles. The Kier molecular flexibility index (Phi) is 6.60. The van der Waals surface area contributed by atoms with Gasteiger partial charge in [-0.15, -0.1) is 0 Å². The van der Waals surface area contributed by atoms with E-state index in [0.29, 0.717) is 37.6 Å². The van der Waals surface area contributed by atoms with E-state index in [-0.39, 0.29) is 12.4 Å². The molecule has 0 saturated carbocycles. The Morgan fingerprint density at radius 2 is 1.69 bits per heavy atom. The van der Waals surface area contributed by atoms with E-state index in [4.69, 9.17) is 13.6 Å². The number of ether oxygens (including phenoxy) is 1. The maximum Gasteiger partial charge on any atom is 0.129 e. The van der Waals surface area contributed by atoms with Gasteiger partial charge in [0.2, 0.25) is 0 Å². The van der Waals surface area contributed by atoms with E-state index in [1.54, 1.807) is 42.9 Å². The lowest BCUT2D eigenvalue weighted by molar-refractivity contribution is 0.00147. The van der Waals surface area contributed by atoms with E-state index in [1.165, 1.54) is 6.07 Å². The second-order valence-corrected chi connectivity index (χ2v) is 6.09. The summed E-state index contributed by atoms with van der Waals surface area (Å²) in [7, 11) is 0. The highest BCUT2D eigenvalue weighted by Gasteiger charge is 2.16. The number of rotatable bonds is 10. The first kappa shape index (κ1) is 18.4. The second kappa shape index (κ2) is 9.33. The van der Waals surface area contributed by atoms with Crippen LogP contribution in [0.1, 0.15) is 17.1 Å². The Labute approximate surface area is 151 Å². The van der Waals surface area contributed by atoms with Crippen molar-refractivity contribution in [2.24, 2.45) is 0 Å². The first-order valence-electron chi connectivity index (χ1n) is 8.47. The molecule has 0 radical (unpaired) electrons. The number of hydrogen-bond donors (Lipinski definition) is 1. The maximum absolute atomic E-state index is 14.0. The van der Waals surface area contributed by atoms with Crippen LogP contribution in [-0.2, 0) is 24.4 Å². The maximum atomic E-state index is 14.0. The molecule has 0 saturated heterocycles. The summed E-state index contributed by atoms with van der Waals surface area (Å²) in [6, 6.07) is 13.9. The monoisotopic (exact) mass is 359 g/mol. The molecule has 1 aromatic carbocycles. The van der Waals surface area contributed by atoms with Crippen molar-refractivity contribution in [2.75, 3.05) is 13.2 Å². The van der Waals surface area contributed by atoms with Gasteiger partial charge in [-0.2, -0.15) is 0 Å². The van der Waals surface area contributed by atoms with Crippen LogP contribution >= 0.6 is 0 Å². The molecular formula is C20H22FNO4. The summed E-state index contributed by atoms with van der Waals surface area (Å²) in [4.78, 5) is 1.93. The Morgan fingerprint density at radius 3 is 2.38 bits per heavy atom. The van der Waals surface area contributed by atoms with Gasteiger partial charge in [-0.3, -0.25) is 4.90 Å². The molecule has 0 spiro atoms. The van der Waals surface area contributed by atoms with Crippen LogP contribution in [0.5, 0.6) is 0 Å². The zero-order valence-corrected chi connectivity index (χ0v) is 14.4. The molecule has 5 nitrogen and oxygen atoms in total. The summed E-state index contributed by atoms with van der Waals surface area (Å²) in [6.07, 6.45) is 2.46. The van der Waals surface area contributed by atoms with Crippen molar-refractivity contribution >= 4 is 0 Å². The Balaban J connectivity index is 1.56. The van der Waals surface area contributed by atoms with Crippen molar-refractivity contribution in [1.29, 1.82) is 0 Å². The van der Waals surface area contributed by atoms with Gasteiger partial charge in [-0.25, -0.2) is 4.39 Å². The molecule has 3 rings (SSSR count). The summed E-state index contributed by atoms with van der Waals surface area (Å²) in [5.41, 5.74) is 0.572. The van der Waals surface area contributed by atoms with Gasteiger partial charge in [0.1, 0.15) is 23.9 Å². The van der Waals surface area contributed by atoms with Gasteiger partial charge >= 0.3 is 0 Å². The molecule has 1 N–H and O–H groups in total. The SMILES string of the molecule is O[C@H](COCc1ccco1)CN(Cc1ccco1)Cc1ccccc1F. The number of hydrogen-bond acceptors (Lipinski definition) is 5. The molecule has 0 bridgehead atoms. The third-order valence-electron chi connectivity index (χ3n) is 3.91. The average molecular weight is 359 g/mol. The van der Waals surface area contributed by atoms with Gasteiger partial charge in [0.15, 0.2) is 0 Å². The van der Waals surface area contributed by atoms with Crippen LogP contribution in [0.25, 0.3) is 0 Å². The molecule has 0 fully saturated rings. The molecule has 6 heteroatoms. The van der Waals surface area contributed by atoms with E-state index in [1.807, 2.05) is 17.0 Å². The van der Waals surface area contributed by atoms with Gasteiger partial charge in [-0.1, -0.05) is 18.2 Å². The van der Waals surface area contributed by atoms with Crippen LogP contribution < -0.4 is 0 Å². The number of aliphatic hydroxyl groups is 1. The highest BCUT2D eigenvalue weighted by atomic mass is 19.1. The number of aliphatic hydroxyl groups excluding tert-OH is 1. The third kappa shape index (κ3) is 5.56. The number of halogens is 1. The minimum Gasteiger partial charge on any atom is -0.468 e. The van der Waals surface area contributed by atoms with Crippen LogP contribution in [0.3, 0.4) is 0 Å². The fourth-order valence-corrected chi connectivity index (χ4v) is 2.72. The predicted molar refractivity (Wildman–Crippen MR) is 93.6 cm³/mol. The quantitative estimate of drug-likeness (QED) is 0.599. The van der Waals surface area contributed by atoms with Gasteiger partial charge in [0.25, 0.3) is 0 Å². The lowest BCUT2D eigenvalue weighted by Crippen LogP contribution is -2.34. The fourth-order valence-electron chi connectivity index (χ4n) is 2.72. The van der Waals surface area contributed by atoms with E-state index >= 15 is 0 Å². The Hall–Kier alpha value is -2.41. The molecule has 0 amide bonds. The van der Waals surface area contributed by atoms with Gasteiger partial charge in [0, 0.05) is 18.7 Å². The van der Waals surface area contributed by atoms with Crippen molar-refractivity contribution in [1.82, 2.24) is 4.90 Å². The van der Waals surface area contributed by atoms with Gasteiger partial charge in [0.05, 0.1) is 31.8 Å². The second-order valence-electron chi connectivity index (χ2n) is 6.09. The van der Waals surface area contributed by atoms with Crippen molar-refractivity contribution in [3.63, 3.8) is 0 Å². The van der Waals surface area contributed by atoms with Crippen molar-refractivity contribution < 1.29 is 23.1 Å². The third-order valence-corrected chi connectivity index (χ3v) is 3.91. The zero-order chi connectivity index (χ0) is 18.2. The molecule has 2 heterocycles. The van der Waals surface area contributed by atoms with Crippen LogP contribution in [0.4, 0.5) is 4.39 Å². The largest absolute Gasteiger partial charge is 0.468 e. The van der Waals surface area contributed by atoms with Crippen molar-refractivity contribution in [3.8, 4) is 0 Å². The van der Waals surface area contributed by atoms with Crippen LogP contribution in [0.15, 0.2) is 69.9 Å². The van der Waals surface area contributed by atoms with Gasteiger partial charge < -0.3 is 18.7 Å². The smallest absolute Gasteiger partial charge is 0.129 e. The van der Waals surface area contributed by atoms with E-state index in [0.717, 1.165) is 5.76 Å². The van der Waals surface area contributed by atoms with E-state index in [2.05, 4.69) is 0 Å². The van der Waals surface area contributed by atoms with Crippen molar-refractivity contribution in [3.05, 3.63) is 84.0 Å². The Morgan fingerprint density at radius 1 is 0.962 bits per heavy atom. The first-order valence-corrected chi connectivity index (χ1v) is 8.47. The summed E-state index contributed by atoms with van der Waals surface area (Å²) in [5, 5.41) is 10.3. The lowest BCUT2D eigenvalue weighted by Gasteiger charge is -2.24. The summed E-state index contributed by atoms with van der Waals surface area (Å²) < 4.78 is 30.0. The molecule has 0 aliphatic rings. The minimum atomic E-state index is -0.716. The molecule has 0 aliphatic heterocycles. The number of benzene rings is 1. The van der Waals surface area contributed by atoms with Crippen LogP contribution in [0, 0.1) is 5.82 Å². The van der Waals surface area contributed by atoms with E-state index in [9.17, 15) is 9.50 Å². The predicted octanol–water partition coefficient (Wildman–Crippen LogP) is 3.59. The fraction of sp³-hybridized carbons (Fsp3) is 0.300. The number of nitrogens with zero attached hydrogens (tertiary/aromatic N) is 1. The lowest BCUT2D eigenvalue weighted by atomic mass is 10.2. The van der Waals surface area contributed by atoms with Crippen molar-refractivity contribution in [2.45, 2.75) is 25.8 Å². The molecule has 0 unspecified atom stereocenters. The zero-order valence-electron chi connectivity index (χ0n) is 14.4. The Bertz CT molecular complexity index is 758. The van der Waals surface area contributed by atoms with E-state index < -0.39 is 6.10 Å². The molecular weight excluding hydrogens is 337 g/mol. The summed E-state index contributed by atoms with van der Waals surface area (Å²) >= 11 is 0.